The molecule has 2 aliphatic carbocycles. The van der Waals surface area contributed by atoms with E-state index in [1.807, 2.05) is 0 Å². The van der Waals surface area contributed by atoms with Crippen molar-refractivity contribution in [1.82, 2.24) is 0 Å². The second kappa shape index (κ2) is 2.75. The predicted octanol–water partition coefficient (Wildman–Crippen LogP) is 3.86. The fourth-order valence-electron chi connectivity index (χ4n) is 3.59. The van der Waals surface area contributed by atoms with Crippen molar-refractivity contribution in [2.45, 2.75) is 52.9 Å². The molecule has 12 heavy (non-hydrogen) atoms. The van der Waals surface area contributed by atoms with Crippen LogP contribution in [0.3, 0.4) is 0 Å². The van der Waals surface area contributed by atoms with Crippen LogP contribution in [0.25, 0.3) is 0 Å². The minimum atomic E-state index is 0.644. The van der Waals surface area contributed by atoms with Crippen LogP contribution in [0.2, 0.25) is 0 Å². The van der Waals surface area contributed by atoms with E-state index in [-0.39, 0.29) is 0 Å². The summed E-state index contributed by atoms with van der Waals surface area (Å²) in [5.74, 6) is 3.11. The SMILES string of the molecule is CC1CC2CCCCC2C1(C)C. The van der Waals surface area contributed by atoms with E-state index < -0.39 is 0 Å². The minimum absolute atomic E-state index is 0.644. The van der Waals surface area contributed by atoms with Crippen LogP contribution in [-0.4, -0.2) is 0 Å². The van der Waals surface area contributed by atoms with E-state index in [0.717, 1.165) is 17.8 Å². The molecule has 3 unspecified atom stereocenters. The first kappa shape index (κ1) is 8.59. The van der Waals surface area contributed by atoms with E-state index in [1.54, 1.807) is 0 Å². The van der Waals surface area contributed by atoms with Crippen LogP contribution in [0.4, 0.5) is 0 Å². The highest BCUT2D eigenvalue weighted by molar-refractivity contribution is 4.96. The molecular formula is C12H22. The van der Waals surface area contributed by atoms with Crippen molar-refractivity contribution >= 4 is 0 Å². The summed E-state index contributed by atoms with van der Waals surface area (Å²) in [6, 6.07) is 0. The molecule has 0 aromatic rings. The number of rotatable bonds is 0. The highest BCUT2D eigenvalue weighted by Crippen LogP contribution is 2.55. The molecule has 0 radical (unpaired) electrons. The number of fused-ring (bicyclic) bond motifs is 1. The fraction of sp³-hybridized carbons (Fsp3) is 1.00. The summed E-state index contributed by atoms with van der Waals surface area (Å²) in [7, 11) is 0. The molecule has 70 valence electrons. The first-order chi connectivity index (χ1) is 5.62. The van der Waals surface area contributed by atoms with Crippen LogP contribution in [0, 0.1) is 23.2 Å². The standard InChI is InChI=1S/C12H22/c1-9-8-10-6-4-5-7-11(10)12(9,2)3/h9-11H,4-8H2,1-3H3. The molecule has 0 amide bonds. The predicted molar refractivity (Wildman–Crippen MR) is 53.0 cm³/mol. The van der Waals surface area contributed by atoms with E-state index in [1.165, 1.54) is 32.1 Å². The van der Waals surface area contributed by atoms with E-state index in [4.69, 9.17) is 0 Å². The van der Waals surface area contributed by atoms with Crippen LogP contribution in [0.5, 0.6) is 0 Å². The Morgan fingerprint density at radius 1 is 1.08 bits per heavy atom. The largest absolute Gasteiger partial charge is 0.0620 e. The highest BCUT2D eigenvalue weighted by Gasteiger charge is 2.46. The Morgan fingerprint density at radius 2 is 1.75 bits per heavy atom. The van der Waals surface area contributed by atoms with Gasteiger partial charge in [0.05, 0.1) is 0 Å². The Kier molecular flexibility index (Phi) is 1.97. The molecule has 0 nitrogen and oxygen atoms in total. The van der Waals surface area contributed by atoms with Crippen LogP contribution in [0.15, 0.2) is 0 Å². The van der Waals surface area contributed by atoms with Crippen molar-refractivity contribution in [1.29, 1.82) is 0 Å². The van der Waals surface area contributed by atoms with E-state index in [2.05, 4.69) is 20.8 Å². The Morgan fingerprint density at radius 3 is 2.42 bits per heavy atom. The van der Waals surface area contributed by atoms with Crippen molar-refractivity contribution in [2.24, 2.45) is 23.2 Å². The summed E-state index contributed by atoms with van der Waals surface area (Å²) in [6.07, 6.45) is 7.55. The zero-order valence-electron chi connectivity index (χ0n) is 8.77. The molecule has 0 N–H and O–H groups in total. The average molecular weight is 166 g/mol. The molecule has 0 spiro atoms. The van der Waals surface area contributed by atoms with E-state index in [9.17, 15) is 0 Å². The molecular weight excluding hydrogens is 144 g/mol. The zero-order valence-corrected chi connectivity index (χ0v) is 8.77. The first-order valence-corrected chi connectivity index (χ1v) is 5.62. The molecule has 0 aromatic carbocycles. The van der Waals surface area contributed by atoms with Gasteiger partial charge in [-0.05, 0) is 36.0 Å². The monoisotopic (exact) mass is 166 g/mol. The zero-order chi connectivity index (χ0) is 8.77. The second-order valence-electron chi connectivity index (χ2n) is 5.61. The Hall–Kier alpha value is 0. The van der Waals surface area contributed by atoms with Gasteiger partial charge in [0, 0.05) is 0 Å². The van der Waals surface area contributed by atoms with Crippen molar-refractivity contribution in [2.75, 3.05) is 0 Å². The Bertz CT molecular complexity index is 169. The lowest BCUT2D eigenvalue weighted by Crippen LogP contribution is -2.27. The number of hydrogen-bond donors (Lipinski definition) is 0. The van der Waals surface area contributed by atoms with Gasteiger partial charge in [0.2, 0.25) is 0 Å². The van der Waals surface area contributed by atoms with Gasteiger partial charge in [0.15, 0.2) is 0 Å². The molecule has 2 fully saturated rings. The van der Waals surface area contributed by atoms with Crippen molar-refractivity contribution in [3.05, 3.63) is 0 Å². The lowest BCUT2D eigenvalue weighted by Gasteiger charge is -2.35. The summed E-state index contributed by atoms with van der Waals surface area (Å²) in [5, 5.41) is 0. The van der Waals surface area contributed by atoms with Gasteiger partial charge in [-0.2, -0.15) is 0 Å². The highest BCUT2D eigenvalue weighted by atomic mass is 14.5. The van der Waals surface area contributed by atoms with Crippen LogP contribution in [0.1, 0.15) is 52.9 Å². The third-order valence-corrected chi connectivity index (χ3v) is 4.79. The quantitative estimate of drug-likeness (QED) is 0.512. The van der Waals surface area contributed by atoms with Gasteiger partial charge in [0.25, 0.3) is 0 Å². The smallest absolute Gasteiger partial charge is 0.0297 e. The summed E-state index contributed by atoms with van der Waals surface area (Å²) >= 11 is 0. The Labute approximate surface area is 76.7 Å². The third-order valence-electron chi connectivity index (χ3n) is 4.79. The maximum atomic E-state index is 2.49. The van der Waals surface area contributed by atoms with Gasteiger partial charge in [-0.15, -0.1) is 0 Å². The average Bonchev–Trinajstić information content (AvgIpc) is 2.25. The van der Waals surface area contributed by atoms with Gasteiger partial charge >= 0.3 is 0 Å². The molecule has 2 saturated carbocycles. The fourth-order valence-corrected chi connectivity index (χ4v) is 3.59. The maximum Gasteiger partial charge on any atom is -0.0297 e. The summed E-state index contributed by atoms with van der Waals surface area (Å²) in [5.41, 5.74) is 0.644. The summed E-state index contributed by atoms with van der Waals surface area (Å²) in [4.78, 5) is 0. The van der Waals surface area contributed by atoms with E-state index in [0.29, 0.717) is 5.41 Å². The Balaban J connectivity index is 2.16. The van der Waals surface area contributed by atoms with Crippen molar-refractivity contribution in [3.63, 3.8) is 0 Å². The van der Waals surface area contributed by atoms with Crippen LogP contribution in [-0.2, 0) is 0 Å². The van der Waals surface area contributed by atoms with Crippen LogP contribution >= 0.6 is 0 Å². The molecule has 0 aliphatic heterocycles. The van der Waals surface area contributed by atoms with Gasteiger partial charge in [-0.3, -0.25) is 0 Å². The van der Waals surface area contributed by atoms with Gasteiger partial charge < -0.3 is 0 Å². The van der Waals surface area contributed by atoms with E-state index >= 15 is 0 Å². The van der Waals surface area contributed by atoms with Crippen molar-refractivity contribution in [3.8, 4) is 0 Å². The lowest BCUT2D eigenvalue weighted by molar-refractivity contribution is 0.141. The van der Waals surface area contributed by atoms with Crippen molar-refractivity contribution < 1.29 is 0 Å². The van der Waals surface area contributed by atoms with Gasteiger partial charge in [-0.25, -0.2) is 0 Å². The molecule has 2 aliphatic rings. The van der Waals surface area contributed by atoms with Crippen LogP contribution < -0.4 is 0 Å². The summed E-state index contributed by atoms with van der Waals surface area (Å²) < 4.78 is 0. The molecule has 0 heterocycles. The van der Waals surface area contributed by atoms with Gasteiger partial charge in [0.1, 0.15) is 0 Å². The third kappa shape index (κ3) is 1.11. The number of hydrogen-bond acceptors (Lipinski definition) is 0. The first-order valence-electron chi connectivity index (χ1n) is 5.62. The molecule has 0 heteroatoms. The maximum absolute atomic E-state index is 2.49. The molecule has 0 bridgehead atoms. The van der Waals surface area contributed by atoms with Gasteiger partial charge in [-0.1, -0.05) is 40.0 Å². The molecule has 0 aromatic heterocycles. The second-order valence-corrected chi connectivity index (χ2v) is 5.61. The molecule has 3 atom stereocenters. The topological polar surface area (TPSA) is 0 Å². The summed E-state index contributed by atoms with van der Waals surface area (Å²) in [6.45, 7) is 7.44. The molecule has 0 saturated heterocycles. The lowest BCUT2D eigenvalue weighted by atomic mass is 9.70. The normalized spacial score (nSPS) is 45.8. The minimum Gasteiger partial charge on any atom is -0.0620 e. The molecule has 2 rings (SSSR count).